The van der Waals surface area contributed by atoms with Gasteiger partial charge < -0.3 is 9.64 Å². The molecular weight excluding hydrogens is 462 g/mol. The van der Waals surface area contributed by atoms with E-state index in [0.29, 0.717) is 12.8 Å². The number of amides is 2. The van der Waals surface area contributed by atoms with Gasteiger partial charge in [-0.2, -0.15) is 0 Å². The van der Waals surface area contributed by atoms with Crippen LogP contribution in [0.15, 0.2) is 35.2 Å². The zero-order chi connectivity index (χ0) is 25.5. The first kappa shape index (κ1) is 27.7. The number of nitrogens with zero attached hydrogens (tertiary/aromatic N) is 1. The highest BCUT2D eigenvalue weighted by Gasteiger charge is 2.44. The molecule has 0 saturated carbocycles. The fraction of sp³-hybridized carbons (Fsp3) is 0.609. The monoisotopic (exact) mass is 497 g/mol. The first-order valence-electron chi connectivity index (χ1n) is 11.4. The van der Waals surface area contributed by atoms with Crippen LogP contribution in [0.1, 0.15) is 59.8 Å². The Bertz CT molecular complexity index is 961. The van der Waals surface area contributed by atoms with Crippen LogP contribution in [0.2, 0.25) is 0 Å². The van der Waals surface area contributed by atoms with Gasteiger partial charge in [-0.05, 0) is 45.7 Å². The highest BCUT2D eigenvalue weighted by molar-refractivity contribution is 7.89. The molecule has 190 valence electrons. The molecule has 3 N–H and O–H groups in total. The Labute approximate surface area is 201 Å². The molecule has 1 heterocycles. The number of carbonyl (C=O) groups is 3. The lowest BCUT2D eigenvalue weighted by atomic mass is 9.96. The van der Waals surface area contributed by atoms with Crippen LogP contribution >= 0.6 is 0 Å². The summed E-state index contributed by atoms with van der Waals surface area (Å²) in [7, 11) is -3.87. The molecule has 0 aliphatic carbocycles. The lowest BCUT2D eigenvalue weighted by Gasteiger charge is -2.29. The van der Waals surface area contributed by atoms with Crippen LogP contribution in [0.3, 0.4) is 0 Å². The normalized spacial score (nSPS) is 19.5. The Morgan fingerprint density at radius 3 is 2.41 bits per heavy atom. The van der Waals surface area contributed by atoms with Gasteiger partial charge in [0.1, 0.15) is 11.6 Å². The van der Waals surface area contributed by atoms with Gasteiger partial charge in [0, 0.05) is 24.9 Å². The summed E-state index contributed by atoms with van der Waals surface area (Å²) in [6, 6.07) is 6.11. The van der Waals surface area contributed by atoms with Crippen molar-refractivity contribution in [2.45, 2.75) is 82.4 Å². The minimum Gasteiger partial charge on any atom is -0.458 e. The third-order valence-corrected chi connectivity index (χ3v) is 6.99. The van der Waals surface area contributed by atoms with Crippen LogP contribution < -0.4 is 10.2 Å². The second-order valence-corrected chi connectivity index (χ2v) is 11.2. The number of rotatable bonds is 10. The zero-order valence-electron chi connectivity index (χ0n) is 20.1. The van der Waals surface area contributed by atoms with Crippen molar-refractivity contribution in [3.63, 3.8) is 0 Å². The number of carbonyl (C=O) groups excluding carboxylic acids is 3. The molecule has 1 saturated heterocycles. The predicted octanol–water partition coefficient (Wildman–Crippen LogP) is 1.98. The van der Waals surface area contributed by atoms with Crippen molar-refractivity contribution in [3.05, 3.63) is 30.3 Å². The van der Waals surface area contributed by atoms with Crippen LogP contribution in [0.25, 0.3) is 0 Å². The fourth-order valence-electron chi connectivity index (χ4n) is 3.91. The number of hydrogen-bond donors (Lipinski definition) is 3. The van der Waals surface area contributed by atoms with Gasteiger partial charge in [-0.1, -0.05) is 38.0 Å². The van der Waals surface area contributed by atoms with Crippen molar-refractivity contribution in [2.75, 3.05) is 6.54 Å². The first-order valence-corrected chi connectivity index (χ1v) is 12.9. The molecule has 0 radical (unpaired) electrons. The number of hydrogen-bond acceptors (Lipinski definition) is 7. The van der Waals surface area contributed by atoms with E-state index in [1.165, 1.54) is 17.0 Å². The van der Waals surface area contributed by atoms with Gasteiger partial charge in [-0.25, -0.2) is 23.4 Å². The summed E-state index contributed by atoms with van der Waals surface area (Å²) in [6.07, 6.45) is 1.65. The summed E-state index contributed by atoms with van der Waals surface area (Å²) >= 11 is 0. The quantitative estimate of drug-likeness (QED) is 0.255. The van der Waals surface area contributed by atoms with E-state index in [9.17, 15) is 22.8 Å². The number of nitrogens with one attached hydrogen (secondary N) is 2. The number of benzene rings is 1. The molecule has 1 aromatic carbocycles. The highest BCUT2D eigenvalue weighted by atomic mass is 32.2. The molecule has 34 heavy (non-hydrogen) atoms. The maximum Gasteiger partial charge on any atom is 0.329 e. The summed E-state index contributed by atoms with van der Waals surface area (Å²) in [5.41, 5.74) is 0.748. The number of esters is 1. The average molecular weight is 498 g/mol. The van der Waals surface area contributed by atoms with Crippen molar-refractivity contribution in [1.29, 1.82) is 0 Å². The largest absolute Gasteiger partial charge is 0.458 e. The number of unbranched alkanes of at least 4 members (excludes halogenated alkanes) is 1. The second kappa shape index (κ2) is 11.8. The van der Waals surface area contributed by atoms with E-state index in [0.717, 1.165) is 6.42 Å². The highest BCUT2D eigenvalue weighted by Crippen LogP contribution is 2.27. The fourth-order valence-corrected chi connectivity index (χ4v) is 5.17. The number of ether oxygens (including phenoxy) is 1. The first-order chi connectivity index (χ1) is 15.9. The predicted molar refractivity (Wildman–Crippen MR) is 124 cm³/mol. The summed E-state index contributed by atoms with van der Waals surface area (Å²) in [6.45, 7) is 7.02. The van der Waals surface area contributed by atoms with Crippen LogP contribution in [-0.4, -0.2) is 60.5 Å². The Morgan fingerprint density at radius 2 is 1.85 bits per heavy atom. The molecular formula is C23H35N3O7S. The van der Waals surface area contributed by atoms with Crippen molar-refractivity contribution < 1.29 is 32.7 Å². The lowest BCUT2D eigenvalue weighted by Crippen LogP contribution is -2.47. The maximum atomic E-state index is 13.4. The summed E-state index contributed by atoms with van der Waals surface area (Å²) < 4.78 is 33.7. The van der Waals surface area contributed by atoms with E-state index >= 15 is 0 Å². The minimum atomic E-state index is -3.87. The van der Waals surface area contributed by atoms with Crippen LogP contribution in [0, 0.1) is 5.92 Å². The van der Waals surface area contributed by atoms with Crippen molar-refractivity contribution in [3.8, 4) is 0 Å². The van der Waals surface area contributed by atoms with Gasteiger partial charge >= 0.3 is 5.97 Å². The van der Waals surface area contributed by atoms with Gasteiger partial charge in [-0.3, -0.25) is 14.8 Å². The standard InChI is InChI=1S/C23H35N3O7S/c1-5-6-10-16(13-20(27)24-30)21(28)26-15-17(14-19(26)22(29)33-23(2,3)4)25-34(31,32)18-11-8-7-9-12-18/h7-9,11-12,16-17,19,25,30H,5-6,10,13-15H2,1-4H3,(H,24,27)/t16-,17+,19+/m1/s1. The van der Waals surface area contributed by atoms with E-state index in [2.05, 4.69) is 4.72 Å². The van der Waals surface area contributed by atoms with E-state index < -0.39 is 51.4 Å². The average Bonchev–Trinajstić information content (AvgIpc) is 3.18. The molecule has 2 amide bonds. The van der Waals surface area contributed by atoms with Crippen LogP contribution in [-0.2, 0) is 29.1 Å². The number of hydroxylamine groups is 1. The Hall–Kier alpha value is -2.50. The molecule has 11 heteroatoms. The molecule has 1 aromatic rings. The Balaban J connectivity index is 2.30. The van der Waals surface area contributed by atoms with E-state index in [-0.39, 0.29) is 24.3 Å². The molecule has 0 aromatic heterocycles. The molecule has 0 unspecified atom stereocenters. The van der Waals surface area contributed by atoms with Crippen molar-refractivity contribution in [1.82, 2.24) is 15.1 Å². The number of sulfonamides is 1. The van der Waals surface area contributed by atoms with Crippen molar-refractivity contribution >= 4 is 27.8 Å². The van der Waals surface area contributed by atoms with E-state index in [4.69, 9.17) is 9.94 Å². The third kappa shape index (κ3) is 7.78. The minimum absolute atomic E-state index is 0.0411. The Kier molecular flexibility index (Phi) is 9.60. The maximum absolute atomic E-state index is 13.4. The number of likely N-dealkylation sites (tertiary alicyclic amines) is 1. The third-order valence-electron chi connectivity index (χ3n) is 5.45. The van der Waals surface area contributed by atoms with E-state index in [1.54, 1.807) is 44.5 Å². The van der Waals surface area contributed by atoms with Gasteiger partial charge in [0.25, 0.3) is 0 Å². The van der Waals surface area contributed by atoms with Gasteiger partial charge in [0.05, 0.1) is 4.90 Å². The smallest absolute Gasteiger partial charge is 0.329 e. The molecule has 3 atom stereocenters. The van der Waals surface area contributed by atoms with Crippen LogP contribution in [0.5, 0.6) is 0 Å². The zero-order valence-corrected chi connectivity index (χ0v) is 20.9. The summed E-state index contributed by atoms with van der Waals surface area (Å²) in [5, 5.41) is 8.93. The van der Waals surface area contributed by atoms with Crippen LogP contribution in [0.4, 0.5) is 0 Å². The molecule has 2 rings (SSSR count). The molecule has 10 nitrogen and oxygen atoms in total. The van der Waals surface area contributed by atoms with Gasteiger partial charge in [-0.15, -0.1) is 0 Å². The molecule has 1 fully saturated rings. The SMILES string of the molecule is CCCC[C@H](CC(=O)NO)C(=O)N1C[C@@H](NS(=O)(=O)c2ccccc2)C[C@H]1C(=O)OC(C)(C)C. The molecule has 0 bridgehead atoms. The van der Waals surface area contributed by atoms with Gasteiger partial charge in [0.15, 0.2) is 0 Å². The summed E-state index contributed by atoms with van der Waals surface area (Å²) in [4.78, 5) is 39.6. The molecule has 0 spiro atoms. The molecule has 1 aliphatic rings. The van der Waals surface area contributed by atoms with Gasteiger partial charge in [0.2, 0.25) is 21.8 Å². The van der Waals surface area contributed by atoms with Crippen molar-refractivity contribution in [2.24, 2.45) is 5.92 Å². The topological polar surface area (TPSA) is 142 Å². The van der Waals surface area contributed by atoms with E-state index in [1.807, 2.05) is 6.92 Å². The second-order valence-electron chi connectivity index (χ2n) is 9.49. The molecule has 1 aliphatic heterocycles. The summed E-state index contributed by atoms with van der Waals surface area (Å²) in [5.74, 6) is -2.55. The Morgan fingerprint density at radius 1 is 1.21 bits per heavy atom. The lowest BCUT2D eigenvalue weighted by molar-refractivity contribution is -0.164.